The molecule has 2 aromatic heterocycles. The predicted molar refractivity (Wildman–Crippen MR) is 91.9 cm³/mol. The predicted octanol–water partition coefficient (Wildman–Crippen LogP) is 4.28. The van der Waals surface area contributed by atoms with Crippen LogP contribution in [-0.2, 0) is 17.5 Å². The summed E-state index contributed by atoms with van der Waals surface area (Å²) < 4.78 is 53.0. The van der Waals surface area contributed by atoms with Gasteiger partial charge in [-0.3, -0.25) is 9.97 Å². The van der Waals surface area contributed by atoms with Crippen molar-refractivity contribution in [3.05, 3.63) is 48.0 Å². The molecule has 0 saturated heterocycles. The van der Waals surface area contributed by atoms with E-state index in [2.05, 4.69) is 14.7 Å². The van der Waals surface area contributed by atoms with E-state index in [1.165, 1.54) is 12.3 Å². The van der Waals surface area contributed by atoms with Crippen molar-refractivity contribution in [3.8, 4) is 11.1 Å². The van der Waals surface area contributed by atoms with Crippen LogP contribution < -0.4 is 4.72 Å². The number of nitrogens with zero attached hydrogens (tertiary/aromatic N) is 2. The smallest absolute Gasteiger partial charge is 0.433 e. The summed E-state index contributed by atoms with van der Waals surface area (Å²) in [5, 5.41) is 0. The molecule has 136 valence electrons. The van der Waals surface area contributed by atoms with Gasteiger partial charge in [0.05, 0.1) is 11.7 Å². The van der Waals surface area contributed by atoms with Crippen LogP contribution in [0.25, 0.3) is 11.1 Å². The van der Waals surface area contributed by atoms with Gasteiger partial charge in [0, 0.05) is 29.3 Å². The molecule has 25 heavy (non-hydrogen) atoms. The van der Waals surface area contributed by atoms with Crippen molar-refractivity contribution < 1.29 is 17.7 Å². The van der Waals surface area contributed by atoms with Gasteiger partial charge in [0.1, 0.15) is 10.4 Å². The molecule has 2 rings (SSSR count). The number of pyridine rings is 2. The molecule has 2 atom stereocenters. The lowest BCUT2D eigenvalue weighted by molar-refractivity contribution is -0.141. The van der Waals surface area contributed by atoms with Gasteiger partial charge in [-0.25, -0.2) is 0 Å². The number of rotatable bonds is 4. The fourth-order valence-electron chi connectivity index (χ4n) is 2.00. The Morgan fingerprint density at radius 3 is 2.28 bits per heavy atom. The number of hydrogen-bond acceptors (Lipinski definition) is 4. The van der Waals surface area contributed by atoms with Gasteiger partial charge in [-0.2, -0.15) is 13.2 Å². The number of nitrogens with one attached hydrogen (secondary N) is 1. The van der Waals surface area contributed by atoms with Crippen molar-refractivity contribution in [3.63, 3.8) is 0 Å². The maximum absolute atomic E-state index is 12.8. The summed E-state index contributed by atoms with van der Waals surface area (Å²) in [4.78, 5) is 7.63. The highest BCUT2D eigenvalue weighted by atomic mass is 32.2. The molecule has 8 heteroatoms. The number of halogens is 3. The second kappa shape index (κ2) is 7.31. The molecule has 0 bridgehead atoms. The van der Waals surface area contributed by atoms with Crippen LogP contribution in [0.4, 0.5) is 13.2 Å². The lowest BCUT2D eigenvalue weighted by atomic mass is 10.1. The SMILES string of the molecule is C[C@H](N[S+]([O-])C(C)(C)C)c1ccc(-c2ccnc(C(F)(F)F)c2)cn1. The van der Waals surface area contributed by atoms with Gasteiger partial charge in [-0.1, -0.05) is 6.07 Å². The molecule has 2 aromatic rings. The summed E-state index contributed by atoms with van der Waals surface area (Å²) in [6.07, 6.45) is -1.86. The van der Waals surface area contributed by atoms with Crippen LogP contribution in [0.3, 0.4) is 0 Å². The normalized spacial score (nSPS) is 15.0. The Balaban J connectivity index is 2.17. The Bertz CT molecular complexity index is 714. The van der Waals surface area contributed by atoms with Crippen molar-refractivity contribution in [2.45, 2.75) is 44.7 Å². The molecule has 0 saturated carbocycles. The minimum absolute atomic E-state index is 0.253. The van der Waals surface area contributed by atoms with Crippen molar-refractivity contribution in [2.24, 2.45) is 0 Å². The maximum atomic E-state index is 12.8. The zero-order chi connectivity index (χ0) is 18.8. The first-order valence-electron chi connectivity index (χ1n) is 7.66. The van der Waals surface area contributed by atoms with Crippen LogP contribution in [0.2, 0.25) is 0 Å². The monoisotopic (exact) mass is 371 g/mol. The molecule has 0 aromatic carbocycles. The van der Waals surface area contributed by atoms with E-state index < -0.39 is 28.0 Å². The lowest BCUT2D eigenvalue weighted by Gasteiger charge is -2.26. The third-order valence-electron chi connectivity index (χ3n) is 3.45. The van der Waals surface area contributed by atoms with E-state index in [1.54, 1.807) is 12.1 Å². The van der Waals surface area contributed by atoms with Crippen LogP contribution in [0.5, 0.6) is 0 Å². The van der Waals surface area contributed by atoms with Gasteiger partial charge in [0.25, 0.3) is 0 Å². The first-order valence-corrected chi connectivity index (χ1v) is 8.81. The molecule has 0 spiro atoms. The second-order valence-corrected chi connectivity index (χ2v) is 8.62. The molecule has 1 N–H and O–H groups in total. The van der Waals surface area contributed by atoms with E-state index in [4.69, 9.17) is 0 Å². The minimum Gasteiger partial charge on any atom is -0.598 e. The summed E-state index contributed by atoms with van der Waals surface area (Å²) in [5.74, 6) is 0. The van der Waals surface area contributed by atoms with Gasteiger partial charge in [0.15, 0.2) is 0 Å². The highest BCUT2D eigenvalue weighted by Crippen LogP contribution is 2.30. The average Bonchev–Trinajstić information content (AvgIpc) is 2.53. The second-order valence-electron chi connectivity index (χ2n) is 6.62. The fraction of sp³-hybridized carbons (Fsp3) is 0.412. The van der Waals surface area contributed by atoms with E-state index in [0.29, 0.717) is 16.8 Å². The van der Waals surface area contributed by atoms with Crippen LogP contribution in [0, 0.1) is 0 Å². The van der Waals surface area contributed by atoms with Gasteiger partial charge >= 0.3 is 6.18 Å². The first-order chi connectivity index (χ1) is 11.5. The number of alkyl halides is 3. The number of aromatic nitrogens is 2. The largest absolute Gasteiger partial charge is 0.598 e. The maximum Gasteiger partial charge on any atom is 0.433 e. The highest BCUT2D eigenvalue weighted by molar-refractivity contribution is 7.90. The summed E-state index contributed by atoms with van der Waals surface area (Å²) in [6.45, 7) is 7.42. The molecular formula is C17H20F3N3OS. The standard InChI is InChI=1S/C17H20F3N3OS/c1-11(23-25(24)16(2,3)4)14-6-5-13(10-22-14)12-7-8-21-15(9-12)17(18,19)20/h5-11,23H,1-4H3/t11-,25?/m0/s1. The molecule has 1 unspecified atom stereocenters. The molecule has 0 radical (unpaired) electrons. The van der Waals surface area contributed by atoms with Crippen LogP contribution in [-0.4, -0.2) is 19.3 Å². The minimum atomic E-state index is -4.49. The fourth-order valence-corrected chi connectivity index (χ4v) is 2.79. The summed E-state index contributed by atoms with van der Waals surface area (Å²) in [7, 11) is 0. The van der Waals surface area contributed by atoms with Crippen LogP contribution in [0.15, 0.2) is 36.7 Å². The summed E-state index contributed by atoms with van der Waals surface area (Å²) in [5.41, 5.74) is 0.664. The molecule has 0 fully saturated rings. The lowest BCUT2D eigenvalue weighted by Crippen LogP contribution is -2.40. The highest BCUT2D eigenvalue weighted by Gasteiger charge is 2.32. The Labute approximate surface area is 148 Å². The van der Waals surface area contributed by atoms with Crippen molar-refractivity contribution >= 4 is 11.4 Å². The molecule has 0 aliphatic heterocycles. The Hall–Kier alpha value is -1.64. The topological polar surface area (TPSA) is 60.9 Å². The van der Waals surface area contributed by atoms with Crippen molar-refractivity contribution in [1.82, 2.24) is 14.7 Å². The summed E-state index contributed by atoms with van der Waals surface area (Å²) in [6, 6.07) is 5.64. The Morgan fingerprint density at radius 2 is 1.76 bits per heavy atom. The third kappa shape index (κ3) is 5.17. The van der Waals surface area contributed by atoms with E-state index in [-0.39, 0.29) is 6.04 Å². The van der Waals surface area contributed by atoms with Crippen LogP contribution >= 0.6 is 0 Å². The van der Waals surface area contributed by atoms with Gasteiger partial charge < -0.3 is 4.55 Å². The van der Waals surface area contributed by atoms with E-state index in [1.807, 2.05) is 27.7 Å². The molecular weight excluding hydrogens is 351 g/mol. The van der Waals surface area contributed by atoms with Gasteiger partial charge in [-0.15, -0.1) is 4.72 Å². The van der Waals surface area contributed by atoms with E-state index in [9.17, 15) is 17.7 Å². The third-order valence-corrected chi connectivity index (χ3v) is 5.13. The molecule has 0 aliphatic rings. The zero-order valence-electron chi connectivity index (χ0n) is 14.4. The summed E-state index contributed by atoms with van der Waals surface area (Å²) >= 11 is -1.25. The van der Waals surface area contributed by atoms with Crippen molar-refractivity contribution in [1.29, 1.82) is 0 Å². The average molecular weight is 371 g/mol. The van der Waals surface area contributed by atoms with Gasteiger partial charge in [0.2, 0.25) is 0 Å². The quantitative estimate of drug-likeness (QED) is 0.815. The Morgan fingerprint density at radius 1 is 1.08 bits per heavy atom. The van der Waals surface area contributed by atoms with E-state index >= 15 is 0 Å². The molecule has 0 aliphatic carbocycles. The van der Waals surface area contributed by atoms with E-state index in [0.717, 1.165) is 12.3 Å². The number of hydrogen-bond donors (Lipinski definition) is 1. The molecule has 2 heterocycles. The zero-order valence-corrected chi connectivity index (χ0v) is 15.2. The molecule has 4 nitrogen and oxygen atoms in total. The van der Waals surface area contributed by atoms with Gasteiger partial charge in [-0.05, 0) is 51.5 Å². The Kier molecular flexibility index (Phi) is 5.75. The first kappa shape index (κ1) is 19.7. The van der Waals surface area contributed by atoms with Crippen molar-refractivity contribution in [2.75, 3.05) is 0 Å². The molecule has 0 amide bonds. The van der Waals surface area contributed by atoms with Crippen LogP contribution in [0.1, 0.15) is 45.1 Å².